The molecular weight excluding hydrogens is 320 g/mol. The molecule has 0 aliphatic rings. The van der Waals surface area contributed by atoms with Crippen molar-refractivity contribution in [1.29, 1.82) is 0 Å². The predicted molar refractivity (Wildman–Crippen MR) is 121 cm³/mol. The predicted octanol–water partition coefficient (Wildman–Crippen LogP) is 9.68. The lowest BCUT2D eigenvalue weighted by Crippen LogP contribution is -1.83. The van der Waals surface area contributed by atoms with E-state index < -0.39 is 0 Å². The van der Waals surface area contributed by atoms with Crippen LogP contribution in [-0.2, 0) is 0 Å². The van der Waals surface area contributed by atoms with E-state index in [4.69, 9.17) is 0 Å². The normalized spacial score (nSPS) is 11.6. The Balaban J connectivity index is 3.04. The zero-order valence-electron chi connectivity index (χ0n) is 17.7. The lowest BCUT2D eigenvalue weighted by atomic mass is 10.1. The Kier molecular flexibility index (Phi) is 24.2. The summed E-state index contributed by atoms with van der Waals surface area (Å²) in [7, 11) is 0. The Morgan fingerprint density at radius 2 is 0.880 bits per heavy atom. The van der Waals surface area contributed by atoms with Crippen molar-refractivity contribution < 1.29 is 0 Å². The third-order valence-corrected chi connectivity index (χ3v) is 5.94. The summed E-state index contributed by atoms with van der Waals surface area (Å²) in [5.74, 6) is 1.32. The summed E-state index contributed by atoms with van der Waals surface area (Å²) in [5, 5.41) is 2.36. The van der Waals surface area contributed by atoms with Crippen LogP contribution in [0.5, 0.6) is 0 Å². The van der Waals surface area contributed by atoms with E-state index in [1.54, 1.807) is 0 Å². The third-order valence-electron chi connectivity index (χ3n) is 5.03. The van der Waals surface area contributed by atoms with Crippen molar-refractivity contribution in [2.45, 2.75) is 136 Å². The molecule has 0 amide bonds. The Morgan fingerprint density at radius 3 is 1.36 bits per heavy atom. The van der Waals surface area contributed by atoms with E-state index in [0.29, 0.717) is 0 Å². The highest BCUT2D eigenvalue weighted by atomic mass is 32.2. The van der Waals surface area contributed by atoms with Gasteiger partial charge in [0, 0.05) is 0 Å². The number of allylic oxidation sites excluding steroid dienone is 1. The van der Waals surface area contributed by atoms with Crippen molar-refractivity contribution in [3.8, 4) is 0 Å². The zero-order valence-corrected chi connectivity index (χ0v) is 18.5. The Bertz CT molecular complexity index is 246. The third kappa shape index (κ3) is 24.1. The molecule has 0 bridgehead atoms. The summed E-state index contributed by atoms with van der Waals surface area (Å²) in [6, 6.07) is 0. The van der Waals surface area contributed by atoms with Gasteiger partial charge in [0.1, 0.15) is 0 Å². The first-order valence-corrected chi connectivity index (χ1v) is 12.7. The second-order valence-corrected chi connectivity index (χ2v) is 8.70. The first-order chi connectivity index (χ1) is 12.4. The van der Waals surface area contributed by atoms with Gasteiger partial charge in [-0.25, -0.2) is 0 Å². The number of thioether (sulfide) groups is 1. The van der Waals surface area contributed by atoms with Gasteiger partial charge in [0.05, 0.1) is 0 Å². The van der Waals surface area contributed by atoms with Gasteiger partial charge in [-0.1, -0.05) is 123 Å². The molecule has 0 nitrogen and oxygen atoms in total. The largest absolute Gasteiger partial charge is 0.134 e. The molecule has 0 aromatic rings. The fourth-order valence-corrected chi connectivity index (χ4v) is 4.05. The summed E-state index contributed by atoms with van der Waals surface area (Å²) in [6.45, 7) is 4.59. The van der Waals surface area contributed by atoms with Gasteiger partial charge in [0.15, 0.2) is 0 Å². The van der Waals surface area contributed by atoms with E-state index in [2.05, 4.69) is 25.3 Å². The second kappa shape index (κ2) is 24.1. The van der Waals surface area contributed by atoms with Crippen LogP contribution in [0.4, 0.5) is 0 Å². The van der Waals surface area contributed by atoms with Crippen molar-refractivity contribution in [3.63, 3.8) is 0 Å². The van der Waals surface area contributed by atoms with E-state index in [1.165, 1.54) is 128 Å². The highest BCUT2D eigenvalue weighted by Gasteiger charge is 1.93. The Morgan fingerprint density at radius 1 is 0.480 bits per heavy atom. The molecule has 0 rings (SSSR count). The number of hydrogen-bond donors (Lipinski definition) is 0. The molecule has 0 heterocycles. The van der Waals surface area contributed by atoms with Crippen LogP contribution in [0.2, 0.25) is 0 Å². The molecular formula is C24H48S. The van der Waals surface area contributed by atoms with Gasteiger partial charge in [0.2, 0.25) is 0 Å². The number of rotatable bonds is 21. The maximum Gasteiger partial charge on any atom is -0.00261 e. The van der Waals surface area contributed by atoms with Gasteiger partial charge in [-0.15, -0.1) is 11.8 Å². The summed E-state index contributed by atoms with van der Waals surface area (Å²) in [6.07, 6.45) is 29.5. The van der Waals surface area contributed by atoms with Gasteiger partial charge in [-0.3, -0.25) is 0 Å². The maximum absolute atomic E-state index is 2.40. The van der Waals surface area contributed by atoms with E-state index in [0.717, 1.165) is 0 Å². The van der Waals surface area contributed by atoms with E-state index in [1.807, 2.05) is 11.8 Å². The molecule has 0 saturated carbocycles. The molecule has 0 saturated heterocycles. The van der Waals surface area contributed by atoms with Crippen molar-refractivity contribution in [3.05, 3.63) is 11.5 Å². The van der Waals surface area contributed by atoms with E-state index >= 15 is 0 Å². The first kappa shape index (κ1) is 25.1. The van der Waals surface area contributed by atoms with Crippen LogP contribution in [0.15, 0.2) is 11.5 Å². The molecule has 1 heteroatoms. The topological polar surface area (TPSA) is 0 Å². The Labute approximate surface area is 165 Å². The molecule has 0 unspecified atom stereocenters. The average molecular weight is 369 g/mol. The molecule has 0 aromatic heterocycles. The van der Waals surface area contributed by atoms with Crippen LogP contribution in [0.25, 0.3) is 0 Å². The number of hydrogen-bond acceptors (Lipinski definition) is 1. The monoisotopic (exact) mass is 368 g/mol. The minimum atomic E-state index is 1.29. The fraction of sp³-hybridized carbons (Fsp3) is 0.917. The standard InChI is InChI=1S/C24H48S/c1-3-5-7-9-11-13-15-17-19-21-23-25-24-22-20-18-16-14-12-10-8-6-4-2/h21,23H,3-20,22,24H2,1-2H3. The van der Waals surface area contributed by atoms with Gasteiger partial charge in [0.25, 0.3) is 0 Å². The van der Waals surface area contributed by atoms with Crippen LogP contribution >= 0.6 is 11.8 Å². The highest BCUT2D eigenvalue weighted by molar-refractivity contribution is 8.02. The molecule has 0 aliphatic heterocycles. The molecule has 150 valence electrons. The number of unbranched alkanes of at least 4 members (excludes halogenated alkanes) is 17. The highest BCUT2D eigenvalue weighted by Crippen LogP contribution is 2.14. The SMILES string of the molecule is CCCCCCCCCCC=CSCCCCCCCCCCCC. The van der Waals surface area contributed by atoms with Crippen molar-refractivity contribution in [2.75, 3.05) is 5.75 Å². The molecule has 0 fully saturated rings. The van der Waals surface area contributed by atoms with Crippen LogP contribution in [-0.4, -0.2) is 5.75 Å². The molecule has 25 heavy (non-hydrogen) atoms. The van der Waals surface area contributed by atoms with Crippen molar-refractivity contribution in [1.82, 2.24) is 0 Å². The van der Waals surface area contributed by atoms with Gasteiger partial charge < -0.3 is 0 Å². The van der Waals surface area contributed by atoms with Crippen molar-refractivity contribution in [2.24, 2.45) is 0 Å². The second-order valence-electron chi connectivity index (χ2n) is 7.69. The zero-order chi connectivity index (χ0) is 18.3. The van der Waals surface area contributed by atoms with Crippen molar-refractivity contribution >= 4 is 11.8 Å². The molecule has 0 radical (unpaired) electrons. The lowest BCUT2D eigenvalue weighted by Gasteiger charge is -2.01. The average Bonchev–Trinajstić information content (AvgIpc) is 2.63. The van der Waals surface area contributed by atoms with E-state index in [9.17, 15) is 0 Å². The molecule has 0 N–H and O–H groups in total. The lowest BCUT2D eigenvalue weighted by molar-refractivity contribution is 0.563. The minimum absolute atomic E-state index is 1.29. The minimum Gasteiger partial charge on any atom is -0.134 e. The van der Waals surface area contributed by atoms with E-state index in [-0.39, 0.29) is 0 Å². The first-order valence-electron chi connectivity index (χ1n) is 11.7. The summed E-state index contributed by atoms with van der Waals surface area (Å²) in [4.78, 5) is 0. The molecule has 0 spiro atoms. The summed E-state index contributed by atoms with van der Waals surface area (Å²) >= 11 is 2.03. The van der Waals surface area contributed by atoms with Crippen LogP contribution in [0.3, 0.4) is 0 Å². The Hall–Kier alpha value is 0.0900. The molecule has 0 aromatic carbocycles. The van der Waals surface area contributed by atoms with Gasteiger partial charge in [-0.05, 0) is 30.4 Å². The maximum atomic E-state index is 2.40. The van der Waals surface area contributed by atoms with Gasteiger partial charge in [-0.2, -0.15) is 0 Å². The smallest absolute Gasteiger partial charge is 0.00261 e. The van der Waals surface area contributed by atoms with Crippen LogP contribution in [0, 0.1) is 0 Å². The molecule has 0 atom stereocenters. The van der Waals surface area contributed by atoms with Crippen LogP contribution in [0.1, 0.15) is 136 Å². The fourth-order valence-electron chi connectivity index (χ4n) is 3.27. The molecule has 0 aliphatic carbocycles. The van der Waals surface area contributed by atoms with Gasteiger partial charge >= 0.3 is 0 Å². The summed E-state index contributed by atoms with van der Waals surface area (Å²) in [5.41, 5.74) is 0. The summed E-state index contributed by atoms with van der Waals surface area (Å²) < 4.78 is 0. The quantitative estimate of drug-likeness (QED) is 0.182. The van der Waals surface area contributed by atoms with Crippen LogP contribution < -0.4 is 0 Å².